The van der Waals surface area contributed by atoms with Gasteiger partial charge in [0.05, 0.1) is 18.4 Å². The molecular formula is C16H20N4O3S. The minimum atomic E-state index is -0.378. The zero-order valence-electron chi connectivity index (χ0n) is 13.9. The first kappa shape index (κ1) is 18.0. The van der Waals surface area contributed by atoms with Gasteiger partial charge in [0.2, 0.25) is 5.91 Å². The molecule has 24 heavy (non-hydrogen) atoms. The van der Waals surface area contributed by atoms with Gasteiger partial charge >= 0.3 is 5.97 Å². The average molecular weight is 348 g/mol. The van der Waals surface area contributed by atoms with E-state index in [0.29, 0.717) is 12.1 Å². The molecule has 8 heteroatoms. The van der Waals surface area contributed by atoms with Crippen LogP contribution in [0, 0.1) is 0 Å². The molecule has 1 amide bonds. The number of carbonyl (C=O) groups is 2. The van der Waals surface area contributed by atoms with E-state index in [2.05, 4.69) is 20.3 Å². The molecule has 1 aromatic carbocycles. The number of nitrogens with zero attached hydrogens (tertiary/aromatic N) is 3. The van der Waals surface area contributed by atoms with E-state index >= 15 is 0 Å². The van der Waals surface area contributed by atoms with Gasteiger partial charge in [0.25, 0.3) is 0 Å². The van der Waals surface area contributed by atoms with Crippen LogP contribution < -0.4 is 5.32 Å². The molecule has 0 saturated heterocycles. The van der Waals surface area contributed by atoms with Crippen molar-refractivity contribution < 1.29 is 14.3 Å². The van der Waals surface area contributed by atoms with Crippen LogP contribution in [0.15, 0.2) is 35.7 Å². The first-order chi connectivity index (χ1) is 11.5. The van der Waals surface area contributed by atoms with E-state index in [1.165, 1.54) is 18.9 Å². The maximum Gasteiger partial charge on any atom is 0.337 e. The van der Waals surface area contributed by atoms with E-state index in [-0.39, 0.29) is 23.7 Å². The number of aromatic nitrogens is 3. The second-order valence-electron chi connectivity index (χ2n) is 5.37. The van der Waals surface area contributed by atoms with Crippen LogP contribution in [0.2, 0.25) is 0 Å². The summed E-state index contributed by atoms with van der Waals surface area (Å²) in [4.78, 5) is 23.3. The molecule has 0 fully saturated rings. The van der Waals surface area contributed by atoms with Crippen LogP contribution in [0.25, 0.3) is 0 Å². The predicted molar refractivity (Wildman–Crippen MR) is 90.8 cm³/mol. The van der Waals surface area contributed by atoms with Gasteiger partial charge in [-0.1, -0.05) is 23.9 Å². The second kappa shape index (κ2) is 8.49. The van der Waals surface area contributed by atoms with Gasteiger partial charge in [-0.2, -0.15) is 0 Å². The van der Waals surface area contributed by atoms with Crippen LogP contribution in [0.5, 0.6) is 0 Å². The largest absolute Gasteiger partial charge is 0.465 e. The van der Waals surface area contributed by atoms with Crippen molar-refractivity contribution in [2.75, 3.05) is 12.9 Å². The van der Waals surface area contributed by atoms with E-state index in [4.69, 9.17) is 0 Å². The Kier molecular flexibility index (Phi) is 6.36. The normalized spacial score (nSPS) is 10.7. The summed E-state index contributed by atoms with van der Waals surface area (Å²) in [5.74, 6) is -0.197. The number of esters is 1. The molecule has 7 nitrogen and oxygen atoms in total. The Balaban J connectivity index is 1.81. The fourth-order valence-corrected chi connectivity index (χ4v) is 2.82. The molecule has 128 valence electrons. The summed E-state index contributed by atoms with van der Waals surface area (Å²) in [6.07, 6.45) is 1.66. The van der Waals surface area contributed by atoms with E-state index in [1.807, 2.05) is 18.4 Å². The maximum atomic E-state index is 12.0. The van der Waals surface area contributed by atoms with Gasteiger partial charge in [0.1, 0.15) is 6.33 Å². The summed E-state index contributed by atoms with van der Waals surface area (Å²) in [7, 11) is 1.34. The smallest absolute Gasteiger partial charge is 0.337 e. The molecule has 0 aliphatic heterocycles. The number of hydrogen-bond donors (Lipinski definition) is 1. The highest BCUT2D eigenvalue weighted by atomic mass is 32.2. The van der Waals surface area contributed by atoms with Gasteiger partial charge < -0.3 is 14.6 Å². The minimum absolute atomic E-state index is 0.0876. The van der Waals surface area contributed by atoms with Crippen molar-refractivity contribution in [1.82, 2.24) is 20.1 Å². The van der Waals surface area contributed by atoms with Crippen molar-refractivity contribution in [3.8, 4) is 0 Å². The van der Waals surface area contributed by atoms with Crippen molar-refractivity contribution in [2.45, 2.75) is 31.6 Å². The fourth-order valence-electron chi connectivity index (χ4n) is 1.95. The lowest BCUT2D eigenvalue weighted by Gasteiger charge is -2.09. The van der Waals surface area contributed by atoms with E-state index in [1.54, 1.807) is 30.6 Å². The van der Waals surface area contributed by atoms with Crippen molar-refractivity contribution in [2.24, 2.45) is 0 Å². The summed E-state index contributed by atoms with van der Waals surface area (Å²) in [6.45, 7) is 4.47. The van der Waals surface area contributed by atoms with Gasteiger partial charge in [0, 0.05) is 12.6 Å². The molecule has 0 aliphatic rings. The topological polar surface area (TPSA) is 86.1 Å². The van der Waals surface area contributed by atoms with Crippen LogP contribution in [-0.4, -0.2) is 39.5 Å². The van der Waals surface area contributed by atoms with Crippen molar-refractivity contribution in [3.05, 3.63) is 41.7 Å². The number of rotatable bonds is 7. The summed E-state index contributed by atoms with van der Waals surface area (Å²) >= 11 is 1.35. The molecule has 0 aliphatic carbocycles. The Bertz CT molecular complexity index is 698. The lowest BCUT2D eigenvalue weighted by molar-refractivity contribution is -0.118. The number of methoxy groups -OCH3 is 1. The van der Waals surface area contributed by atoms with Crippen LogP contribution in [0.4, 0.5) is 0 Å². The SMILES string of the molecule is COC(=O)c1ccc(CNC(=O)CSc2nncn2C(C)C)cc1. The van der Waals surface area contributed by atoms with E-state index in [9.17, 15) is 9.59 Å². The van der Waals surface area contributed by atoms with Crippen LogP contribution in [0.3, 0.4) is 0 Å². The maximum absolute atomic E-state index is 12.0. The van der Waals surface area contributed by atoms with Gasteiger partial charge in [-0.05, 0) is 31.5 Å². The third-order valence-corrected chi connectivity index (χ3v) is 4.25. The number of thioether (sulfide) groups is 1. The third kappa shape index (κ3) is 4.82. The Morgan fingerprint density at radius 2 is 2.00 bits per heavy atom. The molecule has 1 N–H and O–H groups in total. The Labute approximate surface area is 144 Å². The number of nitrogens with one attached hydrogen (secondary N) is 1. The molecule has 2 rings (SSSR count). The Morgan fingerprint density at radius 3 is 2.62 bits per heavy atom. The van der Waals surface area contributed by atoms with Crippen LogP contribution in [-0.2, 0) is 16.1 Å². The van der Waals surface area contributed by atoms with Crippen molar-refractivity contribution >= 4 is 23.6 Å². The van der Waals surface area contributed by atoms with Gasteiger partial charge in [-0.3, -0.25) is 4.79 Å². The molecule has 0 unspecified atom stereocenters. The summed E-state index contributed by atoms with van der Waals surface area (Å²) in [5.41, 5.74) is 1.39. The molecule has 1 aromatic heterocycles. The molecular weight excluding hydrogens is 328 g/mol. The fraction of sp³-hybridized carbons (Fsp3) is 0.375. The molecule has 0 spiro atoms. The van der Waals surface area contributed by atoms with Crippen LogP contribution in [0.1, 0.15) is 35.8 Å². The molecule has 0 atom stereocenters. The van der Waals surface area contributed by atoms with Crippen molar-refractivity contribution in [1.29, 1.82) is 0 Å². The first-order valence-corrected chi connectivity index (χ1v) is 8.46. The van der Waals surface area contributed by atoms with Gasteiger partial charge in [-0.25, -0.2) is 4.79 Å². The molecule has 1 heterocycles. The number of benzene rings is 1. The number of hydrogen-bond acceptors (Lipinski definition) is 6. The van der Waals surface area contributed by atoms with Crippen LogP contribution >= 0.6 is 11.8 Å². The molecule has 2 aromatic rings. The number of ether oxygens (including phenoxy) is 1. The second-order valence-corrected chi connectivity index (χ2v) is 6.31. The summed E-state index contributed by atoms with van der Waals surface area (Å²) in [5, 5.41) is 11.4. The highest BCUT2D eigenvalue weighted by Gasteiger charge is 2.11. The monoisotopic (exact) mass is 348 g/mol. The Morgan fingerprint density at radius 1 is 1.29 bits per heavy atom. The minimum Gasteiger partial charge on any atom is -0.465 e. The highest BCUT2D eigenvalue weighted by Crippen LogP contribution is 2.18. The first-order valence-electron chi connectivity index (χ1n) is 7.47. The Hall–Kier alpha value is -2.35. The molecule has 0 saturated carbocycles. The zero-order valence-corrected chi connectivity index (χ0v) is 14.7. The standard InChI is InChI=1S/C16H20N4O3S/c1-11(2)20-10-18-19-16(20)24-9-14(21)17-8-12-4-6-13(7-5-12)15(22)23-3/h4-7,10-11H,8-9H2,1-3H3,(H,17,21). The number of carbonyl (C=O) groups excluding carboxylic acids is 2. The highest BCUT2D eigenvalue weighted by molar-refractivity contribution is 7.99. The third-order valence-electron chi connectivity index (χ3n) is 3.29. The predicted octanol–water partition coefficient (Wildman–Crippen LogP) is 2.05. The number of amides is 1. The summed E-state index contributed by atoms with van der Waals surface area (Å²) in [6, 6.07) is 7.17. The van der Waals surface area contributed by atoms with E-state index < -0.39 is 0 Å². The molecule has 0 radical (unpaired) electrons. The lowest BCUT2D eigenvalue weighted by Crippen LogP contribution is -2.24. The van der Waals surface area contributed by atoms with Crippen molar-refractivity contribution in [3.63, 3.8) is 0 Å². The van der Waals surface area contributed by atoms with E-state index in [0.717, 1.165) is 10.7 Å². The van der Waals surface area contributed by atoms with Gasteiger partial charge in [-0.15, -0.1) is 10.2 Å². The lowest BCUT2D eigenvalue weighted by atomic mass is 10.1. The van der Waals surface area contributed by atoms with Gasteiger partial charge in [0.15, 0.2) is 5.16 Å². The quantitative estimate of drug-likeness (QED) is 0.609. The molecule has 0 bridgehead atoms. The zero-order chi connectivity index (χ0) is 17.5. The average Bonchev–Trinajstić information content (AvgIpc) is 3.06. The summed E-state index contributed by atoms with van der Waals surface area (Å²) < 4.78 is 6.56.